The van der Waals surface area contributed by atoms with E-state index in [4.69, 9.17) is 0 Å². The number of anilines is 1. The van der Waals surface area contributed by atoms with Crippen molar-refractivity contribution in [3.05, 3.63) is 64.9 Å². The minimum absolute atomic E-state index is 0.00782. The number of carbonyl (C=O) groups is 4. The lowest BCUT2D eigenvalue weighted by Gasteiger charge is -2.35. The molecule has 14 nitrogen and oxygen atoms in total. The minimum Gasteiger partial charge on any atom is -0.391 e. The number of thiazole rings is 1. The summed E-state index contributed by atoms with van der Waals surface area (Å²) in [4.78, 5) is 69.5. The van der Waals surface area contributed by atoms with Crippen LogP contribution in [-0.4, -0.2) is 126 Å². The van der Waals surface area contributed by atoms with Crippen LogP contribution in [0.1, 0.15) is 74.6 Å². The third kappa shape index (κ3) is 11.1. The van der Waals surface area contributed by atoms with E-state index in [-0.39, 0.29) is 49.7 Å². The number of piperazine rings is 1. The number of aryl methyl sites for hydroxylation is 1. The quantitative estimate of drug-likeness (QED) is 0.145. The average Bonchev–Trinajstić information content (AvgIpc) is 3.79. The van der Waals surface area contributed by atoms with Gasteiger partial charge in [-0.05, 0) is 56.0 Å². The highest BCUT2D eigenvalue weighted by Crippen LogP contribution is 2.29. The minimum atomic E-state index is -0.934. The number of benzene rings is 1. The molecule has 15 heteroatoms. The second-order valence-corrected chi connectivity index (χ2v) is 16.4. The fraction of sp³-hybridized carbons (Fsp3) is 0.550. The van der Waals surface area contributed by atoms with Crippen molar-refractivity contribution in [3.8, 4) is 10.4 Å². The molecule has 3 aromatic rings. The molecule has 2 aromatic heterocycles. The number of pyridine rings is 1. The summed E-state index contributed by atoms with van der Waals surface area (Å²) in [7, 11) is 1.96. The summed E-state index contributed by atoms with van der Waals surface area (Å²) in [6.45, 7) is 15.3. The van der Waals surface area contributed by atoms with Gasteiger partial charge in [0, 0.05) is 71.4 Å². The van der Waals surface area contributed by atoms with Crippen molar-refractivity contribution in [2.75, 3.05) is 64.3 Å². The Morgan fingerprint density at radius 3 is 2.33 bits per heavy atom. The number of aliphatic hydroxyl groups excluding tert-OH is 1. The zero-order chi connectivity index (χ0) is 39.7. The van der Waals surface area contributed by atoms with Crippen LogP contribution in [0.15, 0.2) is 48.1 Å². The van der Waals surface area contributed by atoms with Crippen LogP contribution >= 0.6 is 11.3 Å². The van der Waals surface area contributed by atoms with Crippen molar-refractivity contribution >= 4 is 40.8 Å². The van der Waals surface area contributed by atoms with Gasteiger partial charge >= 0.3 is 0 Å². The Bertz CT molecular complexity index is 1750. The van der Waals surface area contributed by atoms with Crippen LogP contribution in [0.3, 0.4) is 0 Å². The van der Waals surface area contributed by atoms with E-state index in [1.807, 2.05) is 77.5 Å². The molecule has 0 unspecified atom stereocenters. The second kappa shape index (κ2) is 18.9. The Labute approximate surface area is 328 Å². The molecule has 0 spiro atoms. The second-order valence-electron chi connectivity index (χ2n) is 15.6. The summed E-state index contributed by atoms with van der Waals surface area (Å²) < 4.78 is 0. The van der Waals surface area contributed by atoms with Crippen molar-refractivity contribution < 1.29 is 24.3 Å². The summed E-state index contributed by atoms with van der Waals surface area (Å²) in [5.74, 6) is -0.551. The third-order valence-corrected chi connectivity index (χ3v) is 11.3. The fourth-order valence-electron chi connectivity index (χ4n) is 6.98. The largest absolute Gasteiger partial charge is 0.391 e. The number of aromatic nitrogens is 2. The summed E-state index contributed by atoms with van der Waals surface area (Å²) in [5.41, 5.74) is 4.50. The molecule has 0 aliphatic carbocycles. The van der Waals surface area contributed by atoms with Crippen LogP contribution in [0.5, 0.6) is 0 Å². The van der Waals surface area contributed by atoms with Gasteiger partial charge in [0.2, 0.25) is 17.7 Å². The summed E-state index contributed by atoms with van der Waals surface area (Å²) in [5, 5.41) is 22.5. The van der Waals surface area contributed by atoms with Crippen molar-refractivity contribution in [1.29, 1.82) is 0 Å². The topological polar surface area (TPSA) is 172 Å². The third-order valence-electron chi connectivity index (χ3n) is 10.3. The number of nitrogens with zero attached hydrogens (tertiary/aromatic N) is 5. The number of likely N-dealkylation sites (N-methyl/N-ethyl adjacent to an activating group) is 1. The predicted molar refractivity (Wildman–Crippen MR) is 215 cm³/mol. The molecule has 2 fully saturated rings. The van der Waals surface area contributed by atoms with E-state index in [1.54, 1.807) is 23.6 Å². The molecule has 298 valence electrons. The van der Waals surface area contributed by atoms with Crippen LogP contribution in [-0.2, 0) is 14.4 Å². The average molecular weight is 776 g/mol. The molecule has 5 rings (SSSR count). The number of likely N-dealkylation sites (tertiary alicyclic amines) is 1. The van der Waals surface area contributed by atoms with Gasteiger partial charge in [0.1, 0.15) is 17.9 Å². The highest BCUT2D eigenvalue weighted by atomic mass is 32.1. The Balaban J connectivity index is 1.09. The zero-order valence-corrected chi connectivity index (χ0v) is 33.7. The molecule has 0 saturated carbocycles. The molecule has 5 N–H and O–H groups in total. The number of hydrogen-bond donors (Lipinski definition) is 5. The smallest absolute Gasteiger partial charge is 0.252 e. The van der Waals surface area contributed by atoms with Crippen LogP contribution in [0.2, 0.25) is 0 Å². The van der Waals surface area contributed by atoms with Crippen molar-refractivity contribution in [2.24, 2.45) is 5.41 Å². The number of nitrogens with one attached hydrogen (secondary N) is 4. The Kier molecular flexibility index (Phi) is 14.4. The molecule has 4 amide bonds. The van der Waals surface area contributed by atoms with E-state index in [0.29, 0.717) is 12.0 Å². The zero-order valence-electron chi connectivity index (χ0n) is 32.9. The highest BCUT2D eigenvalue weighted by Gasteiger charge is 2.44. The summed E-state index contributed by atoms with van der Waals surface area (Å²) in [6, 6.07) is 9.41. The molecular formula is C40H57N9O5S. The van der Waals surface area contributed by atoms with Crippen LogP contribution in [0, 0.1) is 12.3 Å². The summed E-state index contributed by atoms with van der Waals surface area (Å²) in [6.07, 6.45) is 1.26. The molecule has 2 aliphatic heterocycles. The molecule has 4 heterocycles. The first-order chi connectivity index (χ1) is 26.2. The first-order valence-corrected chi connectivity index (χ1v) is 20.1. The highest BCUT2D eigenvalue weighted by molar-refractivity contribution is 7.13. The van der Waals surface area contributed by atoms with Gasteiger partial charge in [0.25, 0.3) is 5.91 Å². The van der Waals surface area contributed by atoms with E-state index in [0.717, 1.165) is 66.8 Å². The maximum Gasteiger partial charge on any atom is 0.252 e. The monoisotopic (exact) mass is 775 g/mol. The van der Waals surface area contributed by atoms with Crippen molar-refractivity contribution in [3.63, 3.8) is 0 Å². The molecule has 4 atom stereocenters. The van der Waals surface area contributed by atoms with Gasteiger partial charge in [0.05, 0.1) is 33.8 Å². The van der Waals surface area contributed by atoms with Gasteiger partial charge in [-0.25, -0.2) is 9.97 Å². The first-order valence-electron chi connectivity index (χ1n) is 19.2. The van der Waals surface area contributed by atoms with Crippen LogP contribution < -0.4 is 26.2 Å². The molecule has 0 radical (unpaired) electrons. The lowest BCUT2D eigenvalue weighted by molar-refractivity contribution is -0.144. The standard InChI is InChI=1S/C40H57N9O5S/c1-26(28-9-11-29(12-10-28)35-27(2)44-25-55-35)45-38(53)32-22-31(50)24-49(32)39(54)36(40(3,4)5)46-34(51)8-7-15-42-37(52)30-13-14-33(43-23-30)48-20-18-47(19-21-48)17-16-41-6/h9-14,23,25-26,31-32,36,41,50H,7-8,15-22,24H2,1-6H3,(H,42,52)(H,45,53)(H,46,51)/t26-,31+,32-,36+/m0/s1. The summed E-state index contributed by atoms with van der Waals surface area (Å²) >= 11 is 1.58. The number of rotatable bonds is 15. The molecule has 2 saturated heterocycles. The number of amides is 4. The Hall–Kier alpha value is -4.44. The number of β-amino-alcohol motifs (C(OH)–C–C–N with tert-alkyl or cyclic N) is 1. The maximum atomic E-state index is 14.0. The number of aliphatic hydroxyl groups is 1. The van der Waals surface area contributed by atoms with Crippen molar-refractivity contribution in [1.82, 2.24) is 41.0 Å². The van der Waals surface area contributed by atoms with E-state index in [2.05, 4.69) is 41.0 Å². The normalized spacial score (nSPS) is 18.8. The van der Waals surface area contributed by atoms with E-state index < -0.39 is 29.5 Å². The van der Waals surface area contributed by atoms with Crippen LogP contribution in [0.25, 0.3) is 10.4 Å². The van der Waals surface area contributed by atoms with E-state index >= 15 is 0 Å². The maximum absolute atomic E-state index is 14.0. The van der Waals surface area contributed by atoms with E-state index in [9.17, 15) is 24.3 Å². The Morgan fingerprint density at radius 2 is 1.71 bits per heavy atom. The fourth-order valence-corrected chi connectivity index (χ4v) is 7.79. The molecule has 0 bridgehead atoms. The lowest BCUT2D eigenvalue weighted by Crippen LogP contribution is -2.57. The Morgan fingerprint density at radius 1 is 0.982 bits per heavy atom. The van der Waals surface area contributed by atoms with Gasteiger partial charge in [-0.15, -0.1) is 11.3 Å². The number of hydrogen-bond acceptors (Lipinski definition) is 11. The number of carbonyl (C=O) groups excluding carboxylic acids is 4. The molecule has 1 aromatic carbocycles. The van der Waals surface area contributed by atoms with Gasteiger partial charge in [0.15, 0.2) is 0 Å². The SMILES string of the molecule is CNCCN1CCN(c2ccc(C(=O)NCCCC(=O)N[C@H](C(=O)N3C[C@H](O)C[C@H]3C(=O)N[C@@H](C)c3ccc(-c4scnc4C)cc3)C(C)(C)C)cn2)CC1. The van der Waals surface area contributed by atoms with Gasteiger partial charge in [-0.1, -0.05) is 45.0 Å². The molecule has 2 aliphatic rings. The van der Waals surface area contributed by atoms with Crippen LogP contribution in [0.4, 0.5) is 5.82 Å². The van der Waals surface area contributed by atoms with Gasteiger partial charge in [-0.3, -0.25) is 24.1 Å². The lowest BCUT2D eigenvalue weighted by atomic mass is 9.85. The molecule has 55 heavy (non-hydrogen) atoms. The first kappa shape index (κ1) is 41.7. The molecular weight excluding hydrogens is 719 g/mol. The predicted octanol–water partition coefficient (Wildman–Crippen LogP) is 2.74. The van der Waals surface area contributed by atoms with Gasteiger partial charge < -0.3 is 36.2 Å². The van der Waals surface area contributed by atoms with E-state index in [1.165, 1.54) is 4.90 Å². The van der Waals surface area contributed by atoms with Crippen molar-refractivity contribution in [2.45, 2.75) is 78.1 Å². The van der Waals surface area contributed by atoms with Gasteiger partial charge in [-0.2, -0.15) is 0 Å².